The Morgan fingerprint density at radius 1 is 1.24 bits per heavy atom. The summed E-state index contributed by atoms with van der Waals surface area (Å²) in [6.45, 7) is 2.91. The maximum absolute atomic E-state index is 5.43. The van der Waals surface area contributed by atoms with Gasteiger partial charge in [-0.25, -0.2) is 4.98 Å². The van der Waals surface area contributed by atoms with Crippen molar-refractivity contribution in [1.82, 2.24) is 10.3 Å². The van der Waals surface area contributed by atoms with Crippen molar-refractivity contribution in [2.24, 2.45) is 0 Å². The van der Waals surface area contributed by atoms with Gasteiger partial charge in [-0.05, 0) is 31.5 Å². The topological polar surface area (TPSA) is 38.1 Å². The average Bonchev–Trinajstić information content (AvgIpc) is 2.76. The molecule has 0 amide bonds. The average molecular weight is 230 g/mol. The number of nitrogens with one attached hydrogen (secondary N) is 1. The van der Waals surface area contributed by atoms with Gasteiger partial charge < -0.3 is 9.73 Å². The van der Waals surface area contributed by atoms with Gasteiger partial charge in [0.1, 0.15) is 5.76 Å². The summed E-state index contributed by atoms with van der Waals surface area (Å²) >= 11 is 0. The lowest BCUT2D eigenvalue weighted by Gasteiger charge is -2.04. The van der Waals surface area contributed by atoms with Crippen molar-refractivity contribution in [3.8, 4) is 0 Å². The Morgan fingerprint density at radius 3 is 2.82 bits per heavy atom. The molecule has 1 aromatic carbocycles. The quantitative estimate of drug-likeness (QED) is 0.857. The second-order valence-electron chi connectivity index (χ2n) is 4.18. The molecule has 1 N–H and O–H groups in total. The van der Waals surface area contributed by atoms with Crippen molar-refractivity contribution < 1.29 is 4.42 Å². The van der Waals surface area contributed by atoms with E-state index in [1.807, 2.05) is 7.05 Å². The molecule has 2 aromatic rings. The standard InChI is InChI=1S/C14H18N2O/c1-11-5-3-4-6-12(11)7-8-14-13(9-15-2)16-10-17-14/h3-6,10,15H,7-9H2,1-2H3. The van der Waals surface area contributed by atoms with Crippen LogP contribution in [0.3, 0.4) is 0 Å². The van der Waals surface area contributed by atoms with Crippen LogP contribution >= 0.6 is 0 Å². The summed E-state index contributed by atoms with van der Waals surface area (Å²) < 4.78 is 5.43. The van der Waals surface area contributed by atoms with E-state index < -0.39 is 0 Å². The fraction of sp³-hybridized carbons (Fsp3) is 0.357. The molecule has 1 heterocycles. The predicted molar refractivity (Wildman–Crippen MR) is 67.9 cm³/mol. The van der Waals surface area contributed by atoms with Gasteiger partial charge in [-0.3, -0.25) is 0 Å². The highest BCUT2D eigenvalue weighted by atomic mass is 16.3. The van der Waals surface area contributed by atoms with Crippen LogP contribution in [0.25, 0.3) is 0 Å². The van der Waals surface area contributed by atoms with Crippen LogP contribution in [0.5, 0.6) is 0 Å². The lowest BCUT2D eigenvalue weighted by molar-refractivity contribution is 0.498. The molecule has 0 aliphatic heterocycles. The third-order valence-corrected chi connectivity index (χ3v) is 2.95. The molecule has 1 aromatic heterocycles. The van der Waals surface area contributed by atoms with Crippen LogP contribution in [0.1, 0.15) is 22.6 Å². The highest BCUT2D eigenvalue weighted by molar-refractivity contribution is 5.26. The summed E-state index contributed by atoms with van der Waals surface area (Å²) in [7, 11) is 1.92. The van der Waals surface area contributed by atoms with E-state index >= 15 is 0 Å². The van der Waals surface area contributed by atoms with E-state index in [1.165, 1.54) is 17.5 Å². The van der Waals surface area contributed by atoms with Crippen molar-refractivity contribution in [2.75, 3.05) is 7.05 Å². The molecule has 0 saturated heterocycles. The maximum Gasteiger partial charge on any atom is 0.181 e. The SMILES string of the molecule is CNCc1ncoc1CCc1ccccc1C. The van der Waals surface area contributed by atoms with Gasteiger partial charge in [-0.2, -0.15) is 0 Å². The van der Waals surface area contributed by atoms with E-state index in [0.717, 1.165) is 30.8 Å². The van der Waals surface area contributed by atoms with Gasteiger partial charge >= 0.3 is 0 Å². The Bertz CT molecular complexity index is 477. The number of rotatable bonds is 5. The van der Waals surface area contributed by atoms with Crippen LogP contribution in [0.4, 0.5) is 0 Å². The zero-order chi connectivity index (χ0) is 12.1. The number of aryl methyl sites for hydroxylation is 3. The summed E-state index contributed by atoms with van der Waals surface area (Å²) in [5, 5.41) is 3.10. The molecule has 0 aliphatic rings. The first-order valence-electron chi connectivity index (χ1n) is 5.91. The molecule has 0 saturated carbocycles. The summed E-state index contributed by atoms with van der Waals surface area (Å²) in [6, 6.07) is 8.46. The van der Waals surface area contributed by atoms with E-state index in [9.17, 15) is 0 Å². The third-order valence-electron chi connectivity index (χ3n) is 2.95. The van der Waals surface area contributed by atoms with Crippen LogP contribution < -0.4 is 5.32 Å². The molecule has 0 unspecified atom stereocenters. The third kappa shape index (κ3) is 2.94. The van der Waals surface area contributed by atoms with Gasteiger partial charge in [-0.1, -0.05) is 24.3 Å². The van der Waals surface area contributed by atoms with Crippen molar-refractivity contribution in [1.29, 1.82) is 0 Å². The second-order valence-corrected chi connectivity index (χ2v) is 4.18. The smallest absolute Gasteiger partial charge is 0.181 e. The Hall–Kier alpha value is -1.61. The van der Waals surface area contributed by atoms with Crippen molar-refractivity contribution >= 4 is 0 Å². The van der Waals surface area contributed by atoms with Gasteiger partial charge in [0.2, 0.25) is 0 Å². The molecule has 0 bridgehead atoms. The number of hydrogen-bond donors (Lipinski definition) is 1. The molecule has 3 heteroatoms. The first kappa shape index (κ1) is 11.9. The second kappa shape index (κ2) is 5.64. The van der Waals surface area contributed by atoms with E-state index in [4.69, 9.17) is 4.42 Å². The van der Waals surface area contributed by atoms with E-state index in [-0.39, 0.29) is 0 Å². The molecule has 0 atom stereocenters. The van der Waals surface area contributed by atoms with Crippen LogP contribution in [0.15, 0.2) is 35.1 Å². The molecule has 0 radical (unpaired) electrons. The molecular formula is C14H18N2O. The van der Waals surface area contributed by atoms with Gasteiger partial charge in [0.15, 0.2) is 6.39 Å². The number of nitrogens with zero attached hydrogens (tertiary/aromatic N) is 1. The lowest BCUT2D eigenvalue weighted by atomic mass is 10.0. The fourth-order valence-corrected chi connectivity index (χ4v) is 1.95. The first-order chi connectivity index (χ1) is 8.31. The predicted octanol–water partition coefficient (Wildman–Crippen LogP) is 2.49. The minimum Gasteiger partial charge on any atom is -0.448 e. The van der Waals surface area contributed by atoms with Gasteiger partial charge in [0.05, 0.1) is 5.69 Å². The summed E-state index contributed by atoms with van der Waals surface area (Å²) in [4.78, 5) is 4.21. The summed E-state index contributed by atoms with van der Waals surface area (Å²) in [6.07, 6.45) is 3.43. The van der Waals surface area contributed by atoms with E-state index in [0.29, 0.717) is 0 Å². The molecule has 0 spiro atoms. The number of hydrogen-bond acceptors (Lipinski definition) is 3. The van der Waals surface area contributed by atoms with Gasteiger partial charge in [-0.15, -0.1) is 0 Å². The molecule has 0 aliphatic carbocycles. The molecule has 3 nitrogen and oxygen atoms in total. The zero-order valence-corrected chi connectivity index (χ0v) is 10.4. The monoisotopic (exact) mass is 230 g/mol. The van der Waals surface area contributed by atoms with Crippen LogP contribution in [0.2, 0.25) is 0 Å². The molecule has 17 heavy (non-hydrogen) atoms. The van der Waals surface area contributed by atoms with Crippen molar-refractivity contribution in [2.45, 2.75) is 26.3 Å². The highest BCUT2D eigenvalue weighted by Crippen LogP contribution is 2.13. The zero-order valence-electron chi connectivity index (χ0n) is 10.4. The summed E-state index contributed by atoms with van der Waals surface area (Å²) in [5.41, 5.74) is 3.72. The minimum atomic E-state index is 0.763. The molecule has 2 rings (SSSR count). The Labute approximate surface area is 102 Å². The number of aromatic nitrogens is 1. The van der Waals surface area contributed by atoms with Crippen molar-refractivity contribution in [3.05, 3.63) is 53.2 Å². The maximum atomic E-state index is 5.43. The molecule has 90 valence electrons. The Kier molecular flexibility index (Phi) is 3.94. The number of oxazole rings is 1. The number of benzene rings is 1. The fourth-order valence-electron chi connectivity index (χ4n) is 1.95. The van der Waals surface area contributed by atoms with Gasteiger partial charge in [0.25, 0.3) is 0 Å². The normalized spacial score (nSPS) is 10.7. The van der Waals surface area contributed by atoms with Crippen LogP contribution in [0, 0.1) is 6.92 Å². The van der Waals surface area contributed by atoms with Crippen molar-refractivity contribution in [3.63, 3.8) is 0 Å². The van der Waals surface area contributed by atoms with Gasteiger partial charge in [0, 0.05) is 13.0 Å². The summed E-state index contributed by atoms with van der Waals surface area (Å²) in [5.74, 6) is 0.989. The lowest BCUT2D eigenvalue weighted by Crippen LogP contribution is -2.08. The van der Waals surface area contributed by atoms with E-state index in [1.54, 1.807) is 0 Å². The first-order valence-corrected chi connectivity index (χ1v) is 5.91. The Morgan fingerprint density at radius 2 is 2.06 bits per heavy atom. The van der Waals surface area contributed by atoms with Crippen LogP contribution in [-0.2, 0) is 19.4 Å². The Balaban J connectivity index is 2.02. The van der Waals surface area contributed by atoms with Crippen LogP contribution in [-0.4, -0.2) is 12.0 Å². The molecule has 0 fully saturated rings. The molecular weight excluding hydrogens is 212 g/mol. The van der Waals surface area contributed by atoms with E-state index in [2.05, 4.69) is 41.5 Å². The highest BCUT2D eigenvalue weighted by Gasteiger charge is 2.07. The minimum absolute atomic E-state index is 0.763. The largest absolute Gasteiger partial charge is 0.448 e.